The van der Waals surface area contributed by atoms with E-state index < -0.39 is 0 Å². The van der Waals surface area contributed by atoms with E-state index in [-0.39, 0.29) is 5.91 Å². The summed E-state index contributed by atoms with van der Waals surface area (Å²) >= 11 is 3.04. The molecule has 1 aromatic carbocycles. The van der Waals surface area contributed by atoms with Gasteiger partial charge in [0.15, 0.2) is 0 Å². The number of carbonyl (C=O) groups is 1. The molecule has 7 nitrogen and oxygen atoms in total. The average Bonchev–Trinajstić information content (AvgIpc) is 3.48. The molecule has 3 heterocycles. The molecule has 0 radical (unpaired) electrons. The molecule has 0 spiro atoms. The SMILES string of the molecule is O=C(CSc1nnc(CCc2nc3ccccc3s2)o1)N1CCN(C2CCCCC2)CC1. The first-order valence-electron chi connectivity index (χ1n) is 11.6. The molecule has 0 unspecified atom stereocenters. The lowest BCUT2D eigenvalue weighted by molar-refractivity contribution is -0.130. The number of carbonyl (C=O) groups excluding carboxylic acids is 1. The Labute approximate surface area is 196 Å². The van der Waals surface area contributed by atoms with E-state index in [1.54, 1.807) is 11.3 Å². The van der Waals surface area contributed by atoms with Gasteiger partial charge < -0.3 is 9.32 Å². The number of rotatable bonds is 7. The van der Waals surface area contributed by atoms with Gasteiger partial charge in [0.1, 0.15) is 0 Å². The van der Waals surface area contributed by atoms with Gasteiger partial charge in [-0.2, -0.15) is 0 Å². The monoisotopic (exact) mass is 471 g/mol. The largest absolute Gasteiger partial charge is 0.416 e. The number of aromatic nitrogens is 3. The van der Waals surface area contributed by atoms with Crippen molar-refractivity contribution in [2.75, 3.05) is 31.9 Å². The predicted molar refractivity (Wildman–Crippen MR) is 127 cm³/mol. The fraction of sp³-hybridized carbons (Fsp3) is 0.565. The summed E-state index contributed by atoms with van der Waals surface area (Å²) in [5, 5.41) is 9.80. The third-order valence-electron chi connectivity index (χ3n) is 6.42. The van der Waals surface area contributed by atoms with E-state index >= 15 is 0 Å². The number of nitrogens with zero attached hydrogens (tertiary/aromatic N) is 5. The van der Waals surface area contributed by atoms with Crippen molar-refractivity contribution >= 4 is 39.2 Å². The summed E-state index contributed by atoms with van der Waals surface area (Å²) in [6.07, 6.45) is 8.16. The van der Waals surface area contributed by atoms with Gasteiger partial charge in [-0.15, -0.1) is 21.5 Å². The lowest BCUT2D eigenvalue weighted by atomic mass is 9.94. The molecule has 0 N–H and O–H groups in total. The average molecular weight is 472 g/mol. The highest BCUT2D eigenvalue weighted by Crippen LogP contribution is 2.25. The minimum atomic E-state index is 0.160. The van der Waals surface area contributed by atoms with Crippen molar-refractivity contribution in [2.45, 2.75) is 56.2 Å². The molecule has 2 fully saturated rings. The Morgan fingerprint density at radius 3 is 2.69 bits per heavy atom. The van der Waals surface area contributed by atoms with E-state index in [1.807, 2.05) is 23.1 Å². The van der Waals surface area contributed by atoms with Crippen LogP contribution in [0.4, 0.5) is 0 Å². The summed E-state index contributed by atoms with van der Waals surface area (Å²) in [4.78, 5) is 21.9. The number of piperazine rings is 1. The summed E-state index contributed by atoms with van der Waals surface area (Å²) < 4.78 is 6.95. The van der Waals surface area contributed by atoms with Gasteiger partial charge in [0.25, 0.3) is 5.22 Å². The number of thiazole rings is 1. The first kappa shape index (κ1) is 21.9. The first-order valence-corrected chi connectivity index (χ1v) is 13.4. The molecule has 3 aromatic rings. The van der Waals surface area contributed by atoms with Crippen LogP contribution in [0.25, 0.3) is 10.2 Å². The van der Waals surface area contributed by atoms with Crippen molar-refractivity contribution in [1.29, 1.82) is 0 Å². The zero-order chi connectivity index (χ0) is 21.8. The van der Waals surface area contributed by atoms with Crippen LogP contribution in [0.15, 0.2) is 33.9 Å². The minimum absolute atomic E-state index is 0.160. The number of aryl methyl sites for hydroxylation is 2. The van der Waals surface area contributed by atoms with Crippen LogP contribution < -0.4 is 0 Å². The molecule has 2 aliphatic rings. The number of fused-ring (bicyclic) bond motifs is 1. The molecule has 1 aliphatic heterocycles. The maximum atomic E-state index is 12.6. The van der Waals surface area contributed by atoms with E-state index in [2.05, 4.69) is 26.1 Å². The molecule has 5 rings (SSSR count). The molecule has 32 heavy (non-hydrogen) atoms. The van der Waals surface area contributed by atoms with Gasteiger partial charge in [-0.1, -0.05) is 43.2 Å². The predicted octanol–water partition coefficient (Wildman–Crippen LogP) is 4.03. The molecular formula is C23H29N5O2S2. The second-order valence-corrected chi connectivity index (χ2v) is 10.6. The number of para-hydroxylation sites is 1. The van der Waals surface area contributed by atoms with Crippen molar-refractivity contribution < 1.29 is 9.21 Å². The molecule has 9 heteroatoms. The van der Waals surface area contributed by atoms with Gasteiger partial charge >= 0.3 is 0 Å². The van der Waals surface area contributed by atoms with Crippen LogP contribution in [0.5, 0.6) is 0 Å². The van der Waals surface area contributed by atoms with Crippen LogP contribution in [-0.4, -0.2) is 68.9 Å². The van der Waals surface area contributed by atoms with Crippen molar-refractivity contribution in [3.63, 3.8) is 0 Å². The highest BCUT2D eigenvalue weighted by atomic mass is 32.2. The lowest BCUT2D eigenvalue weighted by Gasteiger charge is -2.40. The van der Waals surface area contributed by atoms with E-state index in [0.29, 0.717) is 23.3 Å². The van der Waals surface area contributed by atoms with E-state index in [9.17, 15) is 4.79 Å². The van der Waals surface area contributed by atoms with E-state index in [4.69, 9.17) is 4.42 Å². The molecule has 0 bridgehead atoms. The highest BCUT2D eigenvalue weighted by molar-refractivity contribution is 7.99. The summed E-state index contributed by atoms with van der Waals surface area (Å²) in [5.74, 6) is 1.11. The number of benzene rings is 1. The third-order valence-corrected chi connectivity index (χ3v) is 8.32. The minimum Gasteiger partial charge on any atom is -0.416 e. The third kappa shape index (κ3) is 5.32. The molecule has 1 saturated carbocycles. The lowest BCUT2D eigenvalue weighted by Crippen LogP contribution is -2.52. The summed E-state index contributed by atoms with van der Waals surface area (Å²) in [6.45, 7) is 3.65. The topological polar surface area (TPSA) is 75.4 Å². The van der Waals surface area contributed by atoms with E-state index in [1.165, 1.54) is 48.6 Å². The van der Waals surface area contributed by atoms with Gasteiger partial charge in [0.2, 0.25) is 11.8 Å². The number of amides is 1. The van der Waals surface area contributed by atoms with Crippen molar-refractivity contribution in [1.82, 2.24) is 25.0 Å². The molecular weight excluding hydrogens is 442 g/mol. The van der Waals surface area contributed by atoms with Gasteiger partial charge in [-0.3, -0.25) is 9.69 Å². The van der Waals surface area contributed by atoms with Crippen LogP contribution in [-0.2, 0) is 17.6 Å². The van der Waals surface area contributed by atoms with Crippen LogP contribution in [0, 0.1) is 0 Å². The maximum absolute atomic E-state index is 12.6. The Bertz CT molecular complexity index is 1000. The summed E-state index contributed by atoms with van der Waals surface area (Å²) in [6, 6.07) is 8.89. The number of hydrogen-bond acceptors (Lipinski definition) is 8. The standard InChI is InChI=1S/C23H29N5O2S2/c29-22(28-14-12-27(13-15-28)17-6-2-1-3-7-17)16-31-23-26-25-20(30-23)10-11-21-24-18-8-4-5-9-19(18)32-21/h4-5,8-9,17H,1-3,6-7,10-16H2. The second-order valence-electron chi connectivity index (χ2n) is 8.53. The van der Waals surface area contributed by atoms with Crippen molar-refractivity contribution in [2.24, 2.45) is 0 Å². The normalized spacial score (nSPS) is 18.4. The second kappa shape index (κ2) is 10.3. The molecule has 2 aromatic heterocycles. The van der Waals surface area contributed by atoms with Crippen LogP contribution in [0.2, 0.25) is 0 Å². The molecule has 1 saturated heterocycles. The molecule has 170 valence electrons. The van der Waals surface area contributed by atoms with Crippen molar-refractivity contribution in [3.05, 3.63) is 35.2 Å². The maximum Gasteiger partial charge on any atom is 0.277 e. The Balaban J connectivity index is 1.05. The Kier molecular flexibility index (Phi) is 7.04. The van der Waals surface area contributed by atoms with Crippen molar-refractivity contribution in [3.8, 4) is 0 Å². The number of hydrogen-bond donors (Lipinski definition) is 0. The Hall–Kier alpha value is -1.97. The fourth-order valence-corrected chi connectivity index (χ4v) is 6.29. The number of thioether (sulfide) groups is 1. The summed E-state index contributed by atoms with van der Waals surface area (Å²) in [5.41, 5.74) is 1.03. The fourth-order valence-electron chi connectivity index (χ4n) is 4.64. The zero-order valence-corrected chi connectivity index (χ0v) is 19.9. The Morgan fingerprint density at radius 1 is 1.06 bits per heavy atom. The van der Waals surface area contributed by atoms with Crippen LogP contribution in [0.1, 0.15) is 43.0 Å². The highest BCUT2D eigenvalue weighted by Gasteiger charge is 2.27. The smallest absolute Gasteiger partial charge is 0.277 e. The van der Waals surface area contributed by atoms with Crippen LogP contribution in [0.3, 0.4) is 0 Å². The van der Waals surface area contributed by atoms with Gasteiger partial charge in [-0.05, 0) is 25.0 Å². The van der Waals surface area contributed by atoms with E-state index in [0.717, 1.165) is 49.2 Å². The zero-order valence-electron chi connectivity index (χ0n) is 18.2. The van der Waals surface area contributed by atoms with Crippen LogP contribution >= 0.6 is 23.1 Å². The summed E-state index contributed by atoms with van der Waals surface area (Å²) in [7, 11) is 0. The molecule has 1 aliphatic carbocycles. The van der Waals surface area contributed by atoms with Gasteiger partial charge in [0, 0.05) is 45.1 Å². The van der Waals surface area contributed by atoms with Gasteiger partial charge in [0.05, 0.1) is 21.0 Å². The molecule has 1 amide bonds. The Morgan fingerprint density at radius 2 is 1.88 bits per heavy atom. The molecule has 0 atom stereocenters. The quantitative estimate of drug-likeness (QED) is 0.482. The first-order chi connectivity index (χ1) is 15.7. The van der Waals surface area contributed by atoms with Gasteiger partial charge in [-0.25, -0.2) is 4.98 Å².